The van der Waals surface area contributed by atoms with E-state index in [1.54, 1.807) is 18.2 Å². The average Bonchev–Trinajstić information content (AvgIpc) is 3.44. The maximum atomic E-state index is 10.2. The van der Waals surface area contributed by atoms with E-state index in [4.69, 9.17) is 10.1 Å². The van der Waals surface area contributed by atoms with Crippen molar-refractivity contribution in [1.29, 1.82) is 0 Å². The van der Waals surface area contributed by atoms with E-state index in [1.807, 2.05) is 49.1 Å². The predicted molar refractivity (Wildman–Crippen MR) is 281 cm³/mol. The Kier molecular flexibility index (Phi) is 13.1. The third kappa shape index (κ3) is 8.81. The molecule has 12 aromatic rings. The van der Waals surface area contributed by atoms with Crippen molar-refractivity contribution >= 4 is 38.3 Å². The fourth-order valence-corrected chi connectivity index (χ4v) is 9.48. The van der Waals surface area contributed by atoms with Crippen LogP contribution in [0.4, 0.5) is 0 Å². The molecule has 0 unspecified atom stereocenters. The Balaban J connectivity index is 0.000000513. The molecule has 70 heavy (non-hydrogen) atoms. The van der Waals surface area contributed by atoms with E-state index >= 15 is 0 Å². The van der Waals surface area contributed by atoms with Gasteiger partial charge in [-0.05, 0) is 118 Å². The molecule has 1 radical (unpaired) electrons. The van der Waals surface area contributed by atoms with Gasteiger partial charge >= 0.3 is 0 Å². The summed E-state index contributed by atoms with van der Waals surface area (Å²) in [5.41, 5.74) is 15.4. The molecule has 0 amide bonds. The van der Waals surface area contributed by atoms with Gasteiger partial charge in [0.25, 0.3) is 0 Å². The third-order valence-corrected chi connectivity index (χ3v) is 12.5. The molecule has 0 aliphatic rings. The Morgan fingerprint density at radius 1 is 0.386 bits per heavy atom. The monoisotopic (exact) mass is 1080 g/mol. The molecule has 6 heteroatoms. The van der Waals surface area contributed by atoms with Crippen LogP contribution in [0.3, 0.4) is 0 Å². The number of aromatic carboxylic acids is 1. The molecule has 335 valence electrons. The Labute approximate surface area is 419 Å². The van der Waals surface area contributed by atoms with Gasteiger partial charge < -0.3 is 14.9 Å². The normalized spacial score (nSPS) is 10.9. The van der Waals surface area contributed by atoms with Crippen molar-refractivity contribution in [2.75, 3.05) is 0 Å². The molecule has 12 rings (SSSR count). The first kappa shape index (κ1) is 45.1. The topological polar surface area (TPSA) is 76.0 Å². The summed E-state index contributed by atoms with van der Waals surface area (Å²) < 4.78 is 0. The molecule has 0 atom stereocenters. The molecule has 1 N–H and O–H groups in total. The number of carboxylic acid groups (broad SMARTS) is 1. The minimum Gasteiger partial charge on any atom is -0.521 e. The Hall–Kier alpha value is -8.67. The number of fused-ring (bicyclic) bond motifs is 6. The van der Waals surface area contributed by atoms with Crippen LogP contribution < -0.4 is 0 Å². The summed E-state index contributed by atoms with van der Waals surface area (Å²) in [6.45, 7) is 0. The average molecular weight is 1080 g/mol. The van der Waals surface area contributed by atoms with Crippen molar-refractivity contribution in [1.82, 2.24) is 15.0 Å². The van der Waals surface area contributed by atoms with Crippen molar-refractivity contribution in [3.63, 3.8) is 0 Å². The number of benzene rings is 9. The first-order chi connectivity index (χ1) is 34.1. The molecule has 5 nitrogen and oxygen atoms in total. The van der Waals surface area contributed by atoms with Crippen LogP contribution in [0.1, 0.15) is 10.4 Å². The summed E-state index contributed by atoms with van der Waals surface area (Å²) in [5.74, 6) is -0.935. The maximum absolute atomic E-state index is 10.2. The van der Waals surface area contributed by atoms with Gasteiger partial charge in [-0.1, -0.05) is 139 Å². The standard InChI is InChI=1S/C57H36N3.C7H5O2.Ir/c1-2-16-38(17-3-1)57-56-53-29-13-11-27-51(53)50-26-10-12-28-52(50)55(56)54(37-60-57)49-25-9-8-24-48(49)43-33-41(46-22-6-4-20-44(46)39-18-14-30-58-35-39)32-42(34-43)47-23-7-5-21-45(47)40-19-15-31-59-36-40;8-7(9)6-4-2-1-3-5-6;/h1-16,18-37H;1-4H,(H,8,9);/q2*-1;. The fourth-order valence-electron chi connectivity index (χ4n) is 9.48. The van der Waals surface area contributed by atoms with Crippen LogP contribution in [0, 0.1) is 12.1 Å². The van der Waals surface area contributed by atoms with E-state index in [9.17, 15) is 4.79 Å². The minimum atomic E-state index is -0.935. The maximum Gasteiger partial charge on any atom is 0.247 e. The SMILES string of the molecule is O=C(O)c1[c-]cccc1.[Ir].[c-]1ccccc1-c1ncc(-c2ccccc2-c2cc(-c3ccccc3-c3cccnc3)cc(-c3ccccc3-c3cccnc3)c2)c2c3ccccc3c3ccccc3c12. The van der Waals surface area contributed by atoms with Gasteiger partial charge in [0.15, 0.2) is 0 Å². The van der Waals surface area contributed by atoms with Crippen LogP contribution in [-0.4, -0.2) is 26.0 Å². The largest absolute Gasteiger partial charge is 0.521 e. The van der Waals surface area contributed by atoms with E-state index in [-0.39, 0.29) is 25.7 Å². The number of aromatic nitrogens is 3. The molecule has 3 heterocycles. The Bertz CT molecular complexity index is 3710. The summed E-state index contributed by atoms with van der Waals surface area (Å²) >= 11 is 0. The van der Waals surface area contributed by atoms with Crippen LogP contribution in [0.25, 0.3) is 110 Å². The third-order valence-electron chi connectivity index (χ3n) is 12.5. The molecule has 0 fully saturated rings. The van der Waals surface area contributed by atoms with Gasteiger partial charge in [0, 0.05) is 67.8 Å². The second-order valence-electron chi connectivity index (χ2n) is 16.6. The van der Waals surface area contributed by atoms with E-state index in [0.29, 0.717) is 0 Å². The Morgan fingerprint density at radius 3 is 1.26 bits per heavy atom. The molecule has 0 spiro atoms. The van der Waals surface area contributed by atoms with Crippen LogP contribution in [-0.2, 0) is 20.1 Å². The zero-order chi connectivity index (χ0) is 46.5. The number of nitrogens with zero attached hydrogens (tertiary/aromatic N) is 3. The molecular formula is C64H41IrN3O2-2. The first-order valence-corrected chi connectivity index (χ1v) is 22.7. The van der Waals surface area contributed by atoms with Crippen molar-refractivity contribution in [3.8, 4) is 78.0 Å². The molecule has 0 aliphatic heterocycles. The summed E-state index contributed by atoms with van der Waals surface area (Å²) in [6, 6.07) is 79.6. The molecule has 0 aliphatic carbocycles. The zero-order valence-corrected chi connectivity index (χ0v) is 40.0. The fraction of sp³-hybridized carbons (Fsp3) is 0. The Morgan fingerprint density at radius 2 is 0.814 bits per heavy atom. The summed E-state index contributed by atoms with van der Waals surface area (Å²) in [6.07, 6.45) is 9.62. The van der Waals surface area contributed by atoms with E-state index < -0.39 is 5.97 Å². The van der Waals surface area contributed by atoms with Gasteiger partial charge in [0.1, 0.15) is 0 Å². The van der Waals surface area contributed by atoms with E-state index in [1.165, 1.54) is 33.0 Å². The van der Waals surface area contributed by atoms with Crippen molar-refractivity contribution in [2.24, 2.45) is 0 Å². The number of rotatable bonds is 8. The minimum absolute atomic E-state index is 0. The first-order valence-electron chi connectivity index (χ1n) is 22.7. The van der Waals surface area contributed by atoms with Gasteiger partial charge in [-0.2, -0.15) is 0 Å². The van der Waals surface area contributed by atoms with Crippen LogP contribution in [0.2, 0.25) is 0 Å². The molecule has 9 aromatic carbocycles. The molecule has 0 saturated heterocycles. The van der Waals surface area contributed by atoms with Crippen LogP contribution >= 0.6 is 0 Å². The van der Waals surface area contributed by atoms with Crippen LogP contribution in [0.5, 0.6) is 0 Å². The van der Waals surface area contributed by atoms with Gasteiger partial charge in [0.05, 0.1) is 0 Å². The van der Waals surface area contributed by atoms with Gasteiger partial charge in [0.2, 0.25) is 5.97 Å². The zero-order valence-electron chi connectivity index (χ0n) is 37.6. The van der Waals surface area contributed by atoms with Crippen molar-refractivity contribution < 1.29 is 30.0 Å². The van der Waals surface area contributed by atoms with E-state index in [0.717, 1.165) is 83.4 Å². The van der Waals surface area contributed by atoms with Crippen molar-refractivity contribution in [2.45, 2.75) is 0 Å². The smallest absolute Gasteiger partial charge is 0.247 e. The van der Waals surface area contributed by atoms with Crippen molar-refractivity contribution in [3.05, 3.63) is 261 Å². The number of carboxylic acids is 1. The second kappa shape index (κ2) is 20.3. The van der Waals surface area contributed by atoms with Gasteiger partial charge in [-0.15, -0.1) is 66.2 Å². The number of hydrogen-bond acceptors (Lipinski definition) is 4. The van der Waals surface area contributed by atoms with Crippen LogP contribution in [0.15, 0.2) is 243 Å². The number of pyridine rings is 3. The predicted octanol–water partition coefficient (Wildman–Crippen LogP) is 16.0. The van der Waals surface area contributed by atoms with E-state index in [2.05, 4.69) is 192 Å². The number of carbonyl (C=O) groups is 1. The summed E-state index contributed by atoms with van der Waals surface area (Å²) in [5, 5.41) is 15.5. The molecule has 0 saturated carbocycles. The summed E-state index contributed by atoms with van der Waals surface area (Å²) in [7, 11) is 0. The molecule has 0 bridgehead atoms. The summed E-state index contributed by atoms with van der Waals surface area (Å²) in [4.78, 5) is 24.5. The molecular weight excluding hydrogens is 1030 g/mol. The second-order valence-corrected chi connectivity index (χ2v) is 16.6. The molecule has 3 aromatic heterocycles. The van der Waals surface area contributed by atoms with Gasteiger partial charge in [-0.3, -0.25) is 9.97 Å². The van der Waals surface area contributed by atoms with Gasteiger partial charge in [-0.25, -0.2) is 0 Å². The number of hydrogen-bond donors (Lipinski definition) is 1. The quantitative estimate of drug-likeness (QED) is 0.121.